The Morgan fingerprint density at radius 1 is 1.15 bits per heavy atom. The van der Waals surface area contributed by atoms with Crippen molar-refractivity contribution in [3.8, 4) is 5.75 Å². The third-order valence-electron chi connectivity index (χ3n) is 4.48. The number of hydrogen-bond acceptors (Lipinski definition) is 3. The van der Waals surface area contributed by atoms with Crippen molar-refractivity contribution in [2.45, 2.75) is 19.6 Å². The van der Waals surface area contributed by atoms with Gasteiger partial charge in [0.05, 0.1) is 4.47 Å². The first-order valence-electron chi connectivity index (χ1n) is 8.69. The van der Waals surface area contributed by atoms with E-state index < -0.39 is 6.10 Å². The Morgan fingerprint density at radius 2 is 1.85 bits per heavy atom. The summed E-state index contributed by atoms with van der Waals surface area (Å²) in [6.45, 7) is 5.91. The highest BCUT2D eigenvalue weighted by molar-refractivity contribution is 9.10. The van der Waals surface area contributed by atoms with Crippen LogP contribution in [-0.2, 0) is 11.3 Å². The fourth-order valence-electron chi connectivity index (χ4n) is 3.04. The summed E-state index contributed by atoms with van der Waals surface area (Å²) in [5.74, 6) is 0.643. The van der Waals surface area contributed by atoms with E-state index >= 15 is 0 Å². The SMILES string of the molecule is CC(Oc1ccc(Cl)cc1Br)C(=O)N1CCN(Cc2ccccc2)CC1. The zero-order chi connectivity index (χ0) is 18.5. The molecule has 0 saturated carbocycles. The van der Waals surface area contributed by atoms with Crippen LogP contribution in [0, 0.1) is 0 Å². The van der Waals surface area contributed by atoms with E-state index in [-0.39, 0.29) is 5.91 Å². The van der Waals surface area contributed by atoms with E-state index in [1.165, 1.54) is 5.56 Å². The topological polar surface area (TPSA) is 32.8 Å². The highest BCUT2D eigenvalue weighted by atomic mass is 79.9. The Balaban J connectivity index is 1.51. The molecule has 0 radical (unpaired) electrons. The molecule has 3 rings (SSSR count). The molecule has 1 saturated heterocycles. The molecule has 1 fully saturated rings. The van der Waals surface area contributed by atoms with Gasteiger partial charge < -0.3 is 9.64 Å². The Bertz CT molecular complexity index is 749. The molecule has 1 atom stereocenters. The van der Waals surface area contributed by atoms with Gasteiger partial charge in [-0.25, -0.2) is 0 Å². The Kier molecular flexibility index (Phi) is 6.57. The van der Waals surface area contributed by atoms with Crippen molar-refractivity contribution < 1.29 is 9.53 Å². The van der Waals surface area contributed by atoms with Crippen molar-refractivity contribution in [1.29, 1.82) is 0 Å². The third-order valence-corrected chi connectivity index (χ3v) is 5.33. The lowest BCUT2D eigenvalue weighted by Gasteiger charge is -2.36. The summed E-state index contributed by atoms with van der Waals surface area (Å²) in [5, 5.41) is 0.623. The van der Waals surface area contributed by atoms with Crippen molar-refractivity contribution in [2.75, 3.05) is 26.2 Å². The van der Waals surface area contributed by atoms with Gasteiger partial charge in [0.1, 0.15) is 5.75 Å². The summed E-state index contributed by atoms with van der Waals surface area (Å²) in [4.78, 5) is 16.9. The fraction of sp³-hybridized carbons (Fsp3) is 0.350. The average Bonchev–Trinajstić information content (AvgIpc) is 2.65. The molecule has 138 valence electrons. The molecule has 0 spiro atoms. The summed E-state index contributed by atoms with van der Waals surface area (Å²) >= 11 is 9.36. The Morgan fingerprint density at radius 3 is 2.50 bits per heavy atom. The van der Waals surface area contributed by atoms with Crippen LogP contribution in [0.3, 0.4) is 0 Å². The lowest BCUT2D eigenvalue weighted by molar-refractivity contribution is -0.139. The summed E-state index contributed by atoms with van der Waals surface area (Å²) in [5.41, 5.74) is 1.30. The van der Waals surface area contributed by atoms with E-state index in [1.807, 2.05) is 11.0 Å². The van der Waals surface area contributed by atoms with Gasteiger partial charge in [0, 0.05) is 37.7 Å². The quantitative estimate of drug-likeness (QED) is 0.702. The number of carbonyl (C=O) groups excluding carboxylic acids is 1. The molecule has 0 N–H and O–H groups in total. The van der Waals surface area contributed by atoms with Gasteiger partial charge in [-0.1, -0.05) is 41.9 Å². The second-order valence-electron chi connectivity index (χ2n) is 6.42. The summed E-state index contributed by atoms with van der Waals surface area (Å²) in [6, 6.07) is 15.7. The van der Waals surface area contributed by atoms with Crippen molar-refractivity contribution in [3.05, 3.63) is 63.6 Å². The average molecular weight is 438 g/mol. The number of halogens is 2. The smallest absolute Gasteiger partial charge is 0.263 e. The lowest BCUT2D eigenvalue weighted by Crippen LogP contribution is -2.51. The zero-order valence-electron chi connectivity index (χ0n) is 14.7. The van der Waals surface area contributed by atoms with Crippen LogP contribution in [0.2, 0.25) is 5.02 Å². The summed E-state index contributed by atoms with van der Waals surface area (Å²) < 4.78 is 6.57. The predicted molar refractivity (Wildman–Crippen MR) is 108 cm³/mol. The van der Waals surface area contributed by atoms with Crippen molar-refractivity contribution in [3.63, 3.8) is 0 Å². The number of amides is 1. The fourth-order valence-corrected chi connectivity index (χ4v) is 3.81. The van der Waals surface area contributed by atoms with Gasteiger partial charge >= 0.3 is 0 Å². The van der Waals surface area contributed by atoms with Gasteiger partial charge in [0.25, 0.3) is 5.91 Å². The van der Waals surface area contributed by atoms with Gasteiger partial charge in [-0.2, -0.15) is 0 Å². The molecule has 0 bridgehead atoms. The van der Waals surface area contributed by atoms with E-state index in [4.69, 9.17) is 16.3 Å². The number of piperazine rings is 1. The third kappa shape index (κ3) is 5.00. The van der Waals surface area contributed by atoms with Crippen molar-refractivity contribution >= 4 is 33.4 Å². The number of rotatable bonds is 5. The van der Waals surface area contributed by atoms with Gasteiger partial charge in [-0.05, 0) is 46.6 Å². The molecular weight excluding hydrogens is 416 g/mol. The minimum Gasteiger partial charge on any atom is -0.480 e. The molecule has 6 heteroatoms. The van der Waals surface area contributed by atoms with E-state index in [2.05, 4.69) is 45.1 Å². The van der Waals surface area contributed by atoms with Crippen LogP contribution >= 0.6 is 27.5 Å². The first-order chi connectivity index (χ1) is 12.5. The molecule has 26 heavy (non-hydrogen) atoms. The van der Waals surface area contributed by atoms with Crippen molar-refractivity contribution in [1.82, 2.24) is 9.80 Å². The van der Waals surface area contributed by atoms with Gasteiger partial charge in [0.2, 0.25) is 0 Å². The molecule has 2 aromatic carbocycles. The number of nitrogens with zero attached hydrogens (tertiary/aromatic N) is 2. The van der Waals surface area contributed by atoms with E-state index in [1.54, 1.807) is 25.1 Å². The zero-order valence-corrected chi connectivity index (χ0v) is 17.0. The van der Waals surface area contributed by atoms with E-state index in [0.717, 1.165) is 37.2 Å². The minimum absolute atomic E-state index is 0.0196. The van der Waals surface area contributed by atoms with Crippen molar-refractivity contribution in [2.24, 2.45) is 0 Å². The van der Waals surface area contributed by atoms with E-state index in [0.29, 0.717) is 10.8 Å². The molecule has 1 aliphatic rings. The molecule has 1 unspecified atom stereocenters. The largest absolute Gasteiger partial charge is 0.480 e. The minimum atomic E-state index is -0.534. The molecule has 1 aliphatic heterocycles. The Hall–Kier alpha value is -1.56. The molecule has 1 heterocycles. The molecule has 4 nitrogen and oxygen atoms in total. The van der Waals surface area contributed by atoms with Crippen LogP contribution < -0.4 is 4.74 Å². The van der Waals surface area contributed by atoms with Crippen LogP contribution in [0.5, 0.6) is 5.75 Å². The second-order valence-corrected chi connectivity index (χ2v) is 7.71. The van der Waals surface area contributed by atoms with Gasteiger partial charge in [-0.3, -0.25) is 9.69 Å². The van der Waals surface area contributed by atoms with Crippen LogP contribution in [0.4, 0.5) is 0 Å². The lowest BCUT2D eigenvalue weighted by atomic mass is 10.2. The molecule has 0 aliphatic carbocycles. The normalized spacial score (nSPS) is 16.3. The monoisotopic (exact) mass is 436 g/mol. The number of hydrogen-bond donors (Lipinski definition) is 0. The molecular formula is C20H22BrClN2O2. The molecule has 2 aromatic rings. The first-order valence-corrected chi connectivity index (χ1v) is 9.87. The predicted octanol–water partition coefficient (Wildman–Crippen LogP) is 4.21. The number of ether oxygens (including phenoxy) is 1. The van der Waals surface area contributed by atoms with Gasteiger partial charge in [0.15, 0.2) is 6.10 Å². The second kappa shape index (κ2) is 8.89. The Labute approximate surface area is 167 Å². The van der Waals surface area contributed by atoms with Crippen LogP contribution in [0.25, 0.3) is 0 Å². The molecule has 1 amide bonds. The van der Waals surface area contributed by atoms with Crippen LogP contribution in [-0.4, -0.2) is 48.0 Å². The van der Waals surface area contributed by atoms with E-state index in [9.17, 15) is 4.79 Å². The van der Waals surface area contributed by atoms with Crippen LogP contribution in [0.15, 0.2) is 53.0 Å². The number of carbonyl (C=O) groups is 1. The highest BCUT2D eigenvalue weighted by Crippen LogP contribution is 2.29. The number of benzene rings is 2. The molecule has 0 aromatic heterocycles. The highest BCUT2D eigenvalue weighted by Gasteiger charge is 2.26. The maximum absolute atomic E-state index is 12.7. The van der Waals surface area contributed by atoms with Gasteiger partial charge in [-0.15, -0.1) is 0 Å². The summed E-state index contributed by atoms with van der Waals surface area (Å²) in [7, 11) is 0. The first kappa shape index (κ1) is 19.2. The maximum Gasteiger partial charge on any atom is 0.263 e. The van der Waals surface area contributed by atoms with Crippen LogP contribution in [0.1, 0.15) is 12.5 Å². The maximum atomic E-state index is 12.7. The summed E-state index contributed by atoms with van der Waals surface area (Å²) in [6.07, 6.45) is -0.534. The standard InChI is InChI=1S/C20H22BrClN2O2/c1-15(26-19-8-7-17(22)13-18(19)21)20(25)24-11-9-23(10-12-24)14-16-5-3-2-4-6-16/h2-8,13,15H,9-12,14H2,1H3.